The summed E-state index contributed by atoms with van der Waals surface area (Å²) in [6, 6.07) is 0.513. The second-order valence-electron chi connectivity index (χ2n) is 6.90. The zero-order valence-electron chi connectivity index (χ0n) is 11.6. The van der Waals surface area contributed by atoms with Gasteiger partial charge in [-0.1, -0.05) is 0 Å². The Morgan fingerprint density at radius 2 is 2.16 bits per heavy atom. The Labute approximate surface area is 114 Å². The van der Waals surface area contributed by atoms with Crippen molar-refractivity contribution in [2.24, 2.45) is 42.5 Å². The second kappa shape index (κ2) is 4.32. The highest BCUT2D eigenvalue weighted by Crippen LogP contribution is 2.70. The summed E-state index contributed by atoms with van der Waals surface area (Å²) in [6.07, 6.45) is 10.8. The van der Waals surface area contributed by atoms with Crippen molar-refractivity contribution in [1.29, 1.82) is 0 Å². The van der Waals surface area contributed by atoms with Crippen molar-refractivity contribution in [1.82, 2.24) is 15.2 Å². The van der Waals surface area contributed by atoms with Gasteiger partial charge in [-0.25, -0.2) is 0 Å². The maximum atomic E-state index is 5.83. The zero-order chi connectivity index (χ0) is 13.0. The lowest BCUT2D eigenvalue weighted by atomic mass is 9.94. The second-order valence-corrected chi connectivity index (χ2v) is 6.90. The predicted octanol–water partition coefficient (Wildman–Crippen LogP) is 1.48. The van der Waals surface area contributed by atoms with Crippen LogP contribution in [-0.4, -0.2) is 15.8 Å². The SMILES string of the molecule is Cn1cc(CCC(NN)C2C3C4CCC(C4)C32)cn1. The van der Waals surface area contributed by atoms with E-state index in [0.29, 0.717) is 6.04 Å². The molecule has 5 atom stereocenters. The fraction of sp³-hybridized carbons (Fsp3) is 0.800. The van der Waals surface area contributed by atoms with Crippen LogP contribution in [0.5, 0.6) is 0 Å². The molecule has 19 heavy (non-hydrogen) atoms. The van der Waals surface area contributed by atoms with Gasteiger partial charge in [0.1, 0.15) is 0 Å². The average Bonchev–Trinajstić information content (AvgIpc) is 2.78. The van der Waals surface area contributed by atoms with E-state index in [4.69, 9.17) is 5.84 Å². The predicted molar refractivity (Wildman–Crippen MR) is 73.9 cm³/mol. The van der Waals surface area contributed by atoms with Crippen molar-refractivity contribution in [3.8, 4) is 0 Å². The van der Waals surface area contributed by atoms with Gasteiger partial charge in [-0.3, -0.25) is 16.0 Å². The van der Waals surface area contributed by atoms with Crippen molar-refractivity contribution in [2.45, 2.75) is 38.1 Å². The van der Waals surface area contributed by atoms with Gasteiger partial charge in [0.25, 0.3) is 0 Å². The number of fused-ring (bicyclic) bond motifs is 5. The molecule has 4 rings (SSSR count). The zero-order valence-corrected chi connectivity index (χ0v) is 11.6. The molecule has 2 bridgehead atoms. The van der Waals surface area contributed by atoms with Crippen LogP contribution in [0, 0.1) is 29.6 Å². The topological polar surface area (TPSA) is 55.9 Å². The number of hydrazine groups is 1. The number of nitrogens with two attached hydrogens (primary N) is 1. The summed E-state index contributed by atoms with van der Waals surface area (Å²) >= 11 is 0. The first kappa shape index (κ1) is 11.9. The number of hydrogen-bond donors (Lipinski definition) is 2. The van der Waals surface area contributed by atoms with E-state index in [0.717, 1.165) is 42.4 Å². The third kappa shape index (κ3) is 1.84. The first-order valence-electron chi connectivity index (χ1n) is 7.71. The summed E-state index contributed by atoms with van der Waals surface area (Å²) < 4.78 is 1.88. The number of nitrogens with zero attached hydrogens (tertiary/aromatic N) is 2. The van der Waals surface area contributed by atoms with Gasteiger partial charge < -0.3 is 0 Å². The molecule has 0 amide bonds. The first-order valence-corrected chi connectivity index (χ1v) is 7.71. The van der Waals surface area contributed by atoms with Crippen LogP contribution >= 0.6 is 0 Å². The Hall–Kier alpha value is -0.870. The van der Waals surface area contributed by atoms with Crippen molar-refractivity contribution in [3.05, 3.63) is 18.0 Å². The summed E-state index contributed by atoms with van der Waals surface area (Å²) in [5, 5.41) is 4.24. The highest BCUT2D eigenvalue weighted by Gasteiger charge is 2.66. The molecule has 3 aliphatic carbocycles. The Morgan fingerprint density at radius 1 is 1.42 bits per heavy atom. The lowest BCUT2D eigenvalue weighted by Crippen LogP contribution is -2.38. The van der Waals surface area contributed by atoms with Gasteiger partial charge in [-0.15, -0.1) is 0 Å². The minimum absolute atomic E-state index is 0.513. The standard InChI is InChI=1S/C15H24N4/c1-19-8-9(7-17-19)2-5-12(18-16)15-13-10-3-4-11(6-10)14(13)15/h7-8,10-15,18H,2-6,16H2,1H3. The van der Waals surface area contributed by atoms with E-state index < -0.39 is 0 Å². The van der Waals surface area contributed by atoms with Crippen LogP contribution in [0.1, 0.15) is 31.2 Å². The Balaban J connectivity index is 1.37. The minimum atomic E-state index is 0.513. The Kier molecular flexibility index (Phi) is 2.71. The van der Waals surface area contributed by atoms with Crippen LogP contribution in [0.3, 0.4) is 0 Å². The fourth-order valence-electron chi connectivity index (χ4n) is 5.24. The summed E-state index contributed by atoms with van der Waals surface area (Å²) in [6.45, 7) is 0. The molecular weight excluding hydrogens is 236 g/mol. The van der Waals surface area contributed by atoms with Gasteiger partial charge in [-0.05, 0) is 67.3 Å². The molecule has 104 valence electrons. The van der Waals surface area contributed by atoms with Crippen LogP contribution in [0.15, 0.2) is 12.4 Å². The third-order valence-electron chi connectivity index (χ3n) is 5.98. The average molecular weight is 260 g/mol. The quantitative estimate of drug-likeness (QED) is 0.623. The van der Waals surface area contributed by atoms with Crippen LogP contribution in [-0.2, 0) is 13.5 Å². The van der Waals surface area contributed by atoms with E-state index in [2.05, 4.69) is 16.7 Å². The molecule has 3 aliphatic rings. The summed E-state index contributed by atoms with van der Waals surface area (Å²) in [7, 11) is 1.98. The lowest BCUT2D eigenvalue weighted by molar-refractivity contribution is 0.352. The molecule has 0 aliphatic heterocycles. The third-order valence-corrected chi connectivity index (χ3v) is 5.98. The molecule has 0 saturated heterocycles. The maximum Gasteiger partial charge on any atom is 0.0521 e. The van der Waals surface area contributed by atoms with Gasteiger partial charge in [0.05, 0.1) is 6.20 Å². The lowest BCUT2D eigenvalue weighted by Gasteiger charge is -2.19. The van der Waals surface area contributed by atoms with E-state index >= 15 is 0 Å². The van der Waals surface area contributed by atoms with Crippen LogP contribution in [0.2, 0.25) is 0 Å². The first-order chi connectivity index (χ1) is 9.28. The number of rotatable bonds is 5. The maximum absolute atomic E-state index is 5.83. The number of nitrogens with one attached hydrogen (secondary N) is 1. The smallest absolute Gasteiger partial charge is 0.0521 e. The molecular formula is C15H24N4. The van der Waals surface area contributed by atoms with E-state index in [1.165, 1.54) is 24.8 Å². The molecule has 0 radical (unpaired) electrons. The van der Waals surface area contributed by atoms with Crippen molar-refractivity contribution < 1.29 is 0 Å². The van der Waals surface area contributed by atoms with E-state index in [1.54, 1.807) is 0 Å². The molecule has 4 nitrogen and oxygen atoms in total. The van der Waals surface area contributed by atoms with Crippen LogP contribution < -0.4 is 11.3 Å². The number of hydrogen-bond acceptors (Lipinski definition) is 3. The highest BCUT2D eigenvalue weighted by atomic mass is 15.2. The summed E-state index contributed by atoms with van der Waals surface area (Å²) in [5.41, 5.74) is 4.44. The molecule has 5 unspecified atom stereocenters. The Morgan fingerprint density at radius 3 is 2.74 bits per heavy atom. The molecule has 3 saturated carbocycles. The Bertz CT molecular complexity index is 452. The fourth-order valence-corrected chi connectivity index (χ4v) is 5.24. The van der Waals surface area contributed by atoms with Gasteiger partial charge in [-0.2, -0.15) is 5.10 Å². The van der Waals surface area contributed by atoms with Gasteiger partial charge in [0.15, 0.2) is 0 Å². The van der Waals surface area contributed by atoms with Crippen molar-refractivity contribution in [3.63, 3.8) is 0 Å². The molecule has 3 fully saturated rings. The number of aromatic nitrogens is 2. The van der Waals surface area contributed by atoms with Gasteiger partial charge in [0.2, 0.25) is 0 Å². The molecule has 3 N–H and O–H groups in total. The molecule has 4 heteroatoms. The minimum Gasteiger partial charge on any atom is -0.276 e. The van der Waals surface area contributed by atoms with Gasteiger partial charge in [0, 0.05) is 19.3 Å². The normalized spacial score (nSPS) is 40.4. The van der Waals surface area contributed by atoms with Gasteiger partial charge >= 0.3 is 0 Å². The number of aryl methyl sites for hydroxylation is 2. The van der Waals surface area contributed by atoms with Crippen LogP contribution in [0.4, 0.5) is 0 Å². The summed E-state index contributed by atoms with van der Waals surface area (Å²) in [5.74, 6) is 10.8. The monoisotopic (exact) mass is 260 g/mol. The summed E-state index contributed by atoms with van der Waals surface area (Å²) in [4.78, 5) is 0. The molecule has 1 heterocycles. The van der Waals surface area contributed by atoms with Crippen molar-refractivity contribution >= 4 is 0 Å². The van der Waals surface area contributed by atoms with Crippen molar-refractivity contribution in [2.75, 3.05) is 0 Å². The largest absolute Gasteiger partial charge is 0.276 e. The highest BCUT2D eigenvalue weighted by molar-refractivity contribution is 5.16. The molecule has 0 spiro atoms. The molecule has 1 aromatic rings. The van der Waals surface area contributed by atoms with E-state index in [9.17, 15) is 0 Å². The molecule has 0 aromatic carbocycles. The van der Waals surface area contributed by atoms with E-state index in [1.807, 2.05) is 17.9 Å². The molecule has 1 aromatic heterocycles. The van der Waals surface area contributed by atoms with E-state index in [-0.39, 0.29) is 0 Å². The van der Waals surface area contributed by atoms with Crippen LogP contribution in [0.25, 0.3) is 0 Å².